The highest BCUT2D eigenvalue weighted by molar-refractivity contribution is 7.99. The minimum absolute atomic E-state index is 0.514. The van der Waals surface area contributed by atoms with E-state index in [4.69, 9.17) is 36.5 Å². The van der Waals surface area contributed by atoms with Gasteiger partial charge in [0.2, 0.25) is 0 Å². The van der Waals surface area contributed by atoms with E-state index in [0.29, 0.717) is 5.15 Å². The fourth-order valence-corrected chi connectivity index (χ4v) is 10.3. The summed E-state index contributed by atoms with van der Waals surface area (Å²) in [5.74, 6) is 2.94. The largest absolute Gasteiger partial charge is 0.353 e. The number of nitrogens with one attached hydrogen (secondary N) is 1. The number of aryl methyl sites for hydroxylation is 2. The lowest BCUT2D eigenvalue weighted by molar-refractivity contribution is 0.584. The molecular formula is C40H37ClN8S4. The molecule has 1 aliphatic rings. The highest BCUT2D eigenvalue weighted by Crippen LogP contribution is 2.41. The van der Waals surface area contributed by atoms with Gasteiger partial charge in [-0.25, -0.2) is 29.9 Å². The van der Waals surface area contributed by atoms with Crippen molar-refractivity contribution >= 4 is 104 Å². The number of thiophene rings is 2. The van der Waals surface area contributed by atoms with E-state index in [0.717, 1.165) is 117 Å². The number of aromatic nitrogens is 6. The Hall–Kier alpha value is -3.91. The third-order valence-corrected chi connectivity index (χ3v) is 13.0. The van der Waals surface area contributed by atoms with Crippen LogP contribution >= 0.6 is 57.8 Å². The topological polar surface area (TPSA) is 92.6 Å². The Morgan fingerprint density at radius 2 is 1.15 bits per heavy atom. The maximum atomic E-state index is 6.40. The first kappa shape index (κ1) is 36.1. The first-order valence-electron chi connectivity index (χ1n) is 17.6. The maximum Gasteiger partial charge on any atom is 0.190 e. The van der Waals surface area contributed by atoms with Crippen LogP contribution in [0.5, 0.6) is 0 Å². The number of halogens is 1. The Balaban J connectivity index is 0.000000154. The van der Waals surface area contributed by atoms with Gasteiger partial charge in [-0.05, 0) is 48.6 Å². The molecule has 2 aromatic carbocycles. The monoisotopic (exact) mass is 792 g/mol. The molecular weight excluding hydrogens is 756 g/mol. The summed E-state index contributed by atoms with van der Waals surface area (Å²) in [5, 5.41) is 7.78. The van der Waals surface area contributed by atoms with Gasteiger partial charge in [0.15, 0.2) is 21.3 Å². The van der Waals surface area contributed by atoms with E-state index in [9.17, 15) is 0 Å². The summed E-state index contributed by atoms with van der Waals surface area (Å²) in [5.41, 5.74) is 8.58. The van der Waals surface area contributed by atoms with Crippen LogP contribution in [0, 0.1) is 13.8 Å². The van der Waals surface area contributed by atoms with Gasteiger partial charge in [0.1, 0.15) is 9.66 Å². The van der Waals surface area contributed by atoms with Crippen molar-refractivity contribution in [2.24, 2.45) is 0 Å². The Morgan fingerprint density at radius 1 is 0.660 bits per heavy atom. The van der Waals surface area contributed by atoms with E-state index in [1.165, 1.54) is 10.9 Å². The van der Waals surface area contributed by atoms with Crippen LogP contribution in [0.2, 0.25) is 5.15 Å². The van der Waals surface area contributed by atoms with Gasteiger partial charge in [0, 0.05) is 48.1 Å². The summed E-state index contributed by atoms with van der Waals surface area (Å²) in [6.45, 7) is 12.4. The molecule has 0 saturated carbocycles. The summed E-state index contributed by atoms with van der Waals surface area (Å²) >= 11 is 13.0. The number of hydrogen-bond donors (Lipinski definition) is 1. The molecule has 0 unspecified atom stereocenters. The molecule has 7 heterocycles. The fraction of sp³-hybridized carbons (Fsp3) is 0.250. The van der Waals surface area contributed by atoms with Gasteiger partial charge in [0.25, 0.3) is 0 Å². The van der Waals surface area contributed by atoms with Crippen LogP contribution in [0.15, 0.2) is 83.1 Å². The number of hydrogen-bond acceptors (Lipinski definition) is 12. The van der Waals surface area contributed by atoms with E-state index in [1.807, 2.05) is 24.3 Å². The molecule has 6 aromatic heterocycles. The minimum atomic E-state index is 0.514. The van der Waals surface area contributed by atoms with Crippen LogP contribution in [0.4, 0.5) is 5.82 Å². The summed E-state index contributed by atoms with van der Waals surface area (Å²) in [7, 11) is 0. The minimum Gasteiger partial charge on any atom is -0.353 e. The average molecular weight is 794 g/mol. The van der Waals surface area contributed by atoms with Crippen molar-refractivity contribution in [3.63, 3.8) is 0 Å². The van der Waals surface area contributed by atoms with Crippen LogP contribution in [0.1, 0.15) is 25.0 Å². The lowest BCUT2D eigenvalue weighted by Crippen LogP contribution is -2.44. The first-order valence-corrected chi connectivity index (χ1v) is 21.6. The van der Waals surface area contributed by atoms with Crippen molar-refractivity contribution in [2.45, 2.75) is 38.0 Å². The molecule has 9 rings (SSSR count). The van der Waals surface area contributed by atoms with Gasteiger partial charge < -0.3 is 10.2 Å². The summed E-state index contributed by atoms with van der Waals surface area (Å²) in [4.78, 5) is 33.3. The quantitative estimate of drug-likeness (QED) is 0.0955. The maximum absolute atomic E-state index is 6.40. The Labute approximate surface area is 329 Å². The predicted octanol–water partition coefficient (Wildman–Crippen LogP) is 10.7. The second-order valence-electron chi connectivity index (χ2n) is 12.5. The van der Waals surface area contributed by atoms with Crippen LogP contribution in [-0.2, 0) is 0 Å². The van der Waals surface area contributed by atoms with Crippen molar-refractivity contribution in [1.82, 2.24) is 35.2 Å². The van der Waals surface area contributed by atoms with E-state index in [2.05, 4.69) is 91.4 Å². The molecule has 0 amide bonds. The van der Waals surface area contributed by atoms with Crippen molar-refractivity contribution in [1.29, 1.82) is 0 Å². The highest BCUT2D eigenvalue weighted by Gasteiger charge is 2.22. The van der Waals surface area contributed by atoms with Gasteiger partial charge in [-0.3, -0.25) is 0 Å². The summed E-state index contributed by atoms with van der Waals surface area (Å²) < 4.78 is 2.07. The molecule has 0 radical (unpaired) electrons. The molecule has 1 saturated heterocycles. The summed E-state index contributed by atoms with van der Waals surface area (Å²) in [6, 6.07) is 24.9. The molecule has 0 atom stereocenters. The van der Waals surface area contributed by atoms with E-state index in [-0.39, 0.29) is 0 Å². The third-order valence-electron chi connectivity index (χ3n) is 8.97. The number of anilines is 1. The van der Waals surface area contributed by atoms with Gasteiger partial charge in [0.05, 0.1) is 31.8 Å². The van der Waals surface area contributed by atoms with Crippen LogP contribution in [-0.4, -0.2) is 67.6 Å². The lowest BCUT2D eigenvalue weighted by atomic mass is 10.1. The molecule has 1 fully saturated rings. The average Bonchev–Trinajstić information content (AvgIpc) is 3.75. The van der Waals surface area contributed by atoms with Crippen molar-refractivity contribution in [2.75, 3.05) is 42.6 Å². The molecule has 8 aromatic rings. The van der Waals surface area contributed by atoms with Crippen LogP contribution in [0.25, 0.3) is 63.4 Å². The molecule has 13 heteroatoms. The second kappa shape index (κ2) is 15.8. The third kappa shape index (κ3) is 7.33. The SMILES string of the molecule is CCSc1nc(Cl)c2sc3nc(-c4ccccc4)cc(C)c3c2n1.CCSc1nc(N2CCNCC2)c2sc3nc(-c4ccccc4)cc(C)c3c2n1. The zero-order chi connectivity index (χ0) is 36.5. The van der Waals surface area contributed by atoms with Crippen molar-refractivity contribution in [3.05, 3.63) is 89.1 Å². The van der Waals surface area contributed by atoms with E-state index >= 15 is 0 Å². The van der Waals surface area contributed by atoms with Crippen LogP contribution < -0.4 is 10.2 Å². The van der Waals surface area contributed by atoms with E-state index < -0.39 is 0 Å². The fourth-order valence-electron chi connectivity index (χ4n) is 6.54. The van der Waals surface area contributed by atoms with Gasteiger partial charge in [-0.2, -0.15) is 0 Å². The van der Waals surface area contributed by atoms with Crippen LogP contribution in [0.3, 0.4) is 0 Å². The highest BCUT2D eigenvalue weighted by atomic mass is 35.5. The van der Waals surface area contributed by atoms with E-state index in [1.54, 1.807) is 46.2 Å². The molecule has 53 heavy (non-hydrogen) atoms. The molecule has 0 spiro atoms. The lowest BCUT2D eigenvalue weighted by Gasteiger charge is -2.28. The zero-order valence-corrected chi connectivity index (χ0v) is 33.8. The van der Waals surface area contributed by atoms with Gasteiger partial charge in [-0.15, -0.1) is 22.7 Å². The molecule has 268 valence electrons. The number of nitrogens with zero attached hydrogens (tertiary/aromatic N) is 7. The standard InChI is InChI=1S/C22H23N5S2.C18H14ClN3S2/c1-3-28-22-25-18-17-14(2)13-16(15-7-5-4-6-8-15)24-21(17)29-19(18)20(26-22)27-11-9-23-10-12-27;1-3-23-18-21-14-13-10(2)9-12(11-7-5-4-6-8-11)20-17(13)24-15(14)16(19)22-18/h4-8,13,23H,3,9-12H2,1-2H3;4-9H,3H2,1-2H3. The van der Waals surface area contributed by atoms with Gasteiger partial charge >= 0.3 is 0 Å². The molecule has 0 bridgehead atoms. The molecule has 8 nitrogen and oxygen atoms in total. The number of piperazine rings is 1. The number of thioether (sulfide) groups is 2. The van der Waals surface area contributed by atoms with Gasteiger partial charge in [-0.1, -0.05) is 110 Å². The summed E-state index contributed by atoms with van der Waals surface area (Å²) in [6.07, 6.45) is 0. The Kier molecular flexibility index (Phi) is 10.8. The molecule has 0 aliphatic carbocycles. The smallest absolute Gasteiger partial charge is 0.190 e. The Morgan fingerprint density at radius 3 is 1.68 bits per heavy atom. The van der Waals surface area contributed by atoms with Crippen molar-refractivity contribution in [3.8, 4) is 22.5 Å². The Bertz CT molecular complexity index is 2570. The zero-order valence-electron chi connectivity index (χ0n) is 29.8. The molecule has 1 N–H and O–H groups in total. The number of pyridine rings is 2. The number of rotatable bonds is 7. The normalized spacial score (nSPS) is 13.3. The number of benzene rings is 2. The first-order chi connectivity index (χ1) is 25.9. The second-order valence-corrected chi connectivity index (χ2v) is 17.3. The predicted molar refractivity (Wildman–Crippen MR) is 229 cm³/mol. The molecule has 1 aliphatic heterocycles. The number of fused-ring (bicyclic) bond motifs is 6. The van der Waals surface area contributed by atoms with Crippen molar-refractivity contribution < 1.29 is 0 Å².